The van der Waals surface area contributed by atoms with E-state index in [1.807, 2.05) is 37.3 Å². The molecule has 4 aliphatic carbocycles. The number of hydrogen-bond acceptors (Lipinski definition) is 4. The summed E-state index contributed by atoms with van der Waals surface area (Å²) in [6, 6.07) is 10.1. The molecule has 8 atom stereocenters. The summed E-state index contributed by atoms with van der Waals surface area (Å²) in [5.41, 5.74) is 0.603. The van der Waals surface area contributed by atoms with Crippen molar-refractivity contribution in [2.75, 3.05) is 25.1 Å². The Hall–Kier alpha value is -1.39. The molecule has 0 saturated heterocycles. The molecule has 4 aliphatic rings. The van der Waals surface area contributed by atoms with Crippen molar-refractivity contribution in [3.8, 4) is 0 Å². The lowest BCUT2D eigenvalue weighted by Gasteiger charge is -2.57. The van der Waals surface area contributed by atoms with E-state index >= 15 is 0 Å². The fourth-order valence-electron chi connectivity index (χ4n) is 8.78. The van der Waals surface area contributed by atoms with Gasteiger partial charge in [0.1, 0.15) is 0 Å². The van der Waals surface area contributed by atoms with Crippen molar-refractivity contribution < 1.29 is 14.6 Å². The Morgan fingerprint density at radius 1 is 1.03 bits per heavy atom. The smallest absolute Gasteiger partial charge is 0.155 e. The first-order chi connectivity index (χ1) is 15.9. The van der Waals surface area contributed by atoms with Crippen LogP contribution in [-0.2, 0) is 9.53 Å². The summed E-state index contributed by atoms with van der Waals surface area (Å²) < 4.78 is 5.63. The predicted octanol–water partition coefficient (Wildman–Crippen LogP) is 5.70. The molecular weight excluding hydrogens is 410 g/mol. The summed E-state index contributed by atoms with van der Waals surface area (Å²) >= 11 is 0. The SMILES string of the molecule is CCOC[C@@]1(O)CC[C@H]2[C@@H](CC[C@@H]3[C@@H]2CC[C@]2(C)[C@@H](C(=O)CNc4ccccc4)CC[C@@H]32)C1. The summed E-state index contributed by atoms with van der Waals surface area (Å²) in [6.45, 7) is 6.09. The topological polar surface area (TPSA) is 58.6 Å². The second kappa shape index (κ2) is 9.34. The Kier molecular flexibility index (Phi) is 6.61. The number of fused-ring (bicyclic) bond motifs is 5. The summed E-state index contributed by atoms with van der Waals surface area (Å²) in [5, 5.41) is 14.5. The molecule has 2 N–H and O–H groups in total. The molecule has 1 aromatic carbocycles. The molecule has 4 heteroatoms. The molecule has 33 heavy (non-hydrogen) atoms. The van der Waals surface area contributed by atoms with Gasteiger partial charge in [0.25, 0.3) is 0 Å². The minimum Gasteiger partial charge on any atom is -0.387 e. The van der Waals surface area contributed by atoms with Gasteiger partial charge in [0, 0.05) is 18.2 Å². The summed E-state index contributed by atoms with van der Waals surface area (Å²) in [4.78, 5) is 13.3. The molecule has 5 rings (SSSR count). The maximum Gasteiger partial charge on any atom is 0.155 e. The molecule has 0 aliphatic heterocycles. The van der Waals surface area contributed by atoms with Crippen LogP contribution in [0.1, 0.15) is 71.6 Å². The van der Waals surface area contributed by atoms with Gasteiger partial charge in [0.2, 0.25) is 0 Å². The van der Waals surface area contributed by atoms with Crippen LogP contribution in [0.15, 0.2) is 30.3 Å². The van der Waals surface area contributed by atoms with Crippen LogP contribution in [-0.4, -0.2) is 36.2 Å². The molecule has 0 spiro atoms. The van der Waals surface area contributed by atoms with E-state index in [0.29, 0.717) is 37.4 Å². The third-order valence-corrected chi connectivity index (χ3v) is 10.3. The van der Waals surface area contributed by atoms with E-state index in [1.54, 1.807) is 0 Å². The van der Waals surface area contributed by atoms with Crippen LogP contribution in [0.5, 0.6) is 0 Å². The molecule has 1 aromatic rings. The number of aliphatic hydroxyl groups is 1. The van der Waals surface area contributed by atoms with Gasteiger partial charge in [-0.05, 0) is 112 Å². The van der Waals surface area contributed by atoms with Crippen LogP contribution < -0.4 is 5.32 Å². The number of hydrogen-bond donors (Lipinski definition) is 2. The Morgan fingerprint density at radius 2 is 1.82 bits per heavy atom. The average Bonchev–Trinajstić information content (AvgIpc) is 3.19. The van der Waals surface area contributed by atoms with E-state index in [4.69, 9.17) is 4.74 Å². The number of ether oxygens (including phenoxy) is 1. The number of Topliss-reactive ketones (excluding diaryl/α,β-unsaturated/α-hetero) is 1. The first kappa shape index (κ1) is 23.4. The van der Waals surface area contributed by atoms with Gasteiger partial charge >= 0.3 is 0 Å². The molecule has 182 valence electrons. The van der Waals surface area contributed by atoms with Crippen molar-refractivity contribution in [3.63, 3.8) is 0 Å². The van der Waals surface area contributed by atoms with Crippen molar-refractivity contribution in [1.82, 2.24) is 0 Å². The number of carbonyl (C=O) groups excluding carboxylic acids is 1. The first-order valence-electron chi connectivity index (χ1n) is 13.6. The number of rotatable bonds is 7. The van der Waals surface area contributed by atoms with Gasteiger partial charge in [-0.25, -0.2) is 0 Å². The number of para-hydroxylation sites is 1. The lowest BCUT2D eigenvalue weighted by Crippen LogP contribution is -2.52. The second-order valence-corrected chi connectivity index (χ2v) is 11.9. The fourth-order valence-corrected chi connectivity index (χ4v) is 8.78. The van der Waals surface area contributed by atoms with E-state index in [9.17, 15) is 9.90 Å². The zero-order valence-corrected chi connectivity index (χ0v) is 20.6. The molecule has 4 saturated carbocycles. The number of carbonyl (C=O) groups is 1. The van der Waals surface area contributed by atoms with Gasteiger partial charge in [-0.2, -0.15) is 0 Å². The molecule has 4 nitrogen and oxygen atoms in total. The van der Waals surface area contributed by atoms with Crippen molar-refractivity contribution in [2.24, 2.45) is 40.9 Å². The molecule has 0 amide bonds. The van der Waals surface area contributed by atoms with E-state index in [0.717, 1.165) is 49.1 Å². The van der Waals surface area contributed by atoms with Crippen LogP contribution in [0.4, 0.5) is 5.69 Å². The first-order valence-corrected chi connectivity index (χ1v) is 13.6. The van der Waals surface area contributed by atoms with Gasteiger partial charge < -0.3 is 15.2 Å². The zero-order valence-electron chi connectivity index (χ0n) is 20.6. The minimum absolute atomic E-state index is 0.174. The summed E-state index contributed by atoms with van der Waals surface area (Å²) in [5.74, 6) is 4.33. The highest BCUT2D eigenvalue weighted by Crippen LogP contribution is 2.64. The quantitative estimate of drug-likeness (QED) is 0.556. The lowest BCUT2D eigenvalue weighted by atomic mass is 9.49. The van der Waals surface area contributed by atoms with Crippen molar-refractivity contribution >= 4 is 11.5 Å². The van der Waals surface area contributed by atoms with Crippen molar-refractivity contribution in [1.29, 1.82) is 0 Å². The van der Waals surface area contributed by atoms with E-state index < -0.39 is 5.60 Å². The highest BCUT2D eigenvalue weighted by atomic mass is 16.5. The Balaban J connectivity index is 1.23. The van der Waals surface area contributed by atoms with Gasteiger partial charge in [-0.15, -0.1) is 0 Å². The standard InChI is InChI=1S/C29H43NO3/c1-3-33-19-29(32)16-14-22-20(17-29)9-10-24-23(22)13-15-28(2)25(24)11-12-26(28)27(31)18-30-21-7-5-4-6-8-21/h4-8,20,22-26,30,32H,3,9-19H2,1-2H3/t20-,22-,23+,24+,25-,26+,28-,29+/m0/s1. The number of nitrogens with one attached hydrogen (secondary N) is 1. The van der Waals surface area contributed by atoms with Crippen LogP contribution in [0.2, 0.25) is 0 Å². The molecule has 0 radical (unpaired) electrons. The van der Waals surface area contributed by atoms with Crippen molar-refractivity contribution in [3.05, 3.63) is 30.3 Å². The van der Waals surface area contributed by atoms with Gasteiger partial charge in [0.05, 0.1) is 18.8 Å². The lowest BCUT2D eigenvalue weighted by molar-refractivity contribution is -0.136. The maximum absolute atomic E-state index is 13.3. The molecule has 0 aromatic heterocycles. The van der Waals surface area contributed by atoms with E-state index in [2.05, 4.69) is 12.2 Å². The number of benzene rings is 1. The van der Waals surface area contributed by atoms with Gasteiger partial charge in [-0.1, -0.05) is 25.1 Å². The van der Waals surface area contributed by atoms with Crippen LogP contribution in [0.3, 0.4) is 0 Å². The number of ketones is 1. The largest absolute Gasteiger partial charge is 0.387 e. The second-order valence-electron chi connectivity index (χ2n) is 11.9. The Morgan fingerprint density at radius 3 is 2.61 bits per heavy atom. The monoisotopic (exact) mass is 453 g/mol. The predicted molar refractivity (Wildman–Crippen MR) is 132 cm³/mol. The van der Waals surface area contributed by atoms with Gasteiger partial charge in [-0.3, -0.25) is 4.79 Å². The highest BCUT2D eigenvalue weighted by Gasteiger charge is 2.58. The van der Waals surface area contributed by atoms with Crippen LogP contribution in [0.25, 0.3) is 0 Å². The highest BCUT2D eigenvalue weighted by molar-refractivity contribution is 5.86. The third-order valence-electron chi connectivity index (χ3n) is 10.3. The Bertz CT molecular complexity index is 827. The fraction of sp³-hybridized carbons (Fsp3) is 0.759. The maximum atomic E-state index is 13.3. The molecule has 0 unspecified atom stereocenters. The molecule has 4 fully saturated rings. The molecule has 0 bridgehead atoms. The average molecular weight is 454 g/mol. The minimum atomic E-state index is -0.607. The summed E-state index contributed by atoms with van der Waals surface area (Å²) in [6.07, 6.45) is 10.3. The normalized spacial score (nSPS) is 42.2. The van der Waals surface area contributed by atoms with Crippen LogP contribution in [0, 0.1) is 40.9 Å². The van der Waals surface area contributed by atoms with Crippen molar-refractivity contribution in [2.45, 2.75) is 77.2 Å². The summed E-state index contributed by atoms with van der Waals surface area (Å²) in [7, 11) is 0. The van der Waals surface area contributed by atoms with Gasteiger partial charge in [0.15, 0.2) is 5.78 Å². The van der Waals surface area contributed by atoms with E-state index in [-0.39, 0.29) is 11.3 Å². The molecular formula is C29H43NO3. The van der Waals surface area contributed by atoms with E-state index in [1.165, 1.54) is 32.1 Å². The van der Waals surface area contributed by atoms with Crippen LogP contribution >= 0.6 is 0 Å². The number of anilines is 1. The molecule has 0 heterocycles. The Labute approximate surface area is 199 Å². The zero-order chi connectivity index (χ0) is 23.1. The third kappa shape index (κ3) is 4.38.